The number of amides is 2. The van der Waals surface area contributed by atoms with Crippen molar-refractivity contribution in [3.8, 4) is 5.75 Å². The quantitative estimate of drug-likeness (QED) is 0.810. The third-order valence-corrected chi connectivity index (χ3v) is 4.16. The molecule has 1 atom stereocenters. The van der Waals surface area contributed by atoms with E-state index in [2.05, 4.69) is 10.6 Å². The van der Waals surface area contributed by atoms with Gasteiger partial charge in [0, 0.05) is 31.4 Å². The van der Waals surface area contributed by atoms with Crippen LogP contribution >= 0.6 is 12.4 Å². The molecular weight excluding hydrogens is 346 g/mol. The van der Waals surface area contributed by atoms with Crippen LogP contribution in [0, 0.1) is 0 Å². The van der Waals surface area contributed by atoms with E-state index in [0.29, 0.717) is 31.2 Å². The van der Waals surface area contributed by atoms with E-state index in [0.717, 1.165) is 25.9 Å². The van der Waals surface area contributed by atoms with E-state index in [-0.39, 0.29) is 36.9 Å². The van der Waals surface area contributed by atoms with Crippen LogP contribution in [0.25, 0.3) is 0 Å². The number of nitrogens with zero attached hydrogens (tertiary/aromatic N) is 1. The highest BCUT2D eigenvalue weighted by atomic mass is 35.5. The van der Waals surface area contributed by atoms with Crippen molar-refractivity contribution in [2.45, 2.75) is 18.9 Å². The summed E-state index contributed by atoms with van der Waals surface area (Å²) < 4.78 is 10.9. The first-order valence-corrected chi connectivity index (χ1v) is 8.35. The van der Waals surface area contributed by atoms with Crippen LogP contribution in [0.5, 0.6) is 5.75 Å². The molecule has 0 aromatic heterocycles. The lowest BCUT2D eigenvalue weighted by Gasteiger charge is -2.23. The van der Waals surface area contributed by atoms with Crippen LogP contribution in [0.4, 0.5) is 5.69 Å². The second-order valence-corrected chi connectivity index (χ2v) is 5.98. The molecule has 7 nitrogen and oxygen atoms in total. The van der Waals surface area contributed by atoms with Gasteiger partial charge in [0.1, 0.15) is 11.8 Å². The fraction of sp³-hybridized carbons (Fsp3) is 0.529. The van der Waals surface area contributed by atoms with Crippen LogP contribution in [0.15, 0.2) is 24.3 Å². The molecule has 138 valence electrons. The normalized spacial score (nSPS) is 19.8. The van der Waals surface area contributed by atoms with Crippen molar-refractivity contribution in [1.29, 1.82) is 0 Å². The van der Waals surface area contributed by atoms with Gasteiger partial charge in [-0.05, 0) is 25.0 Å². The van der Waals surface area contributed by atoms with E-state index >= 15 is 0 Å². The third kappa shape index (κ3) is 5.59. The summed E-state index contributed by atoms with van der Waals surface area (Å²) >= 11 is 0. The Morgan fingerprint density at radius 2 is 2.12 bits per heavy atom. The minimum atomic E-state index is -0.347. The lowest BCUT2D eigenvalue weighted by atomic mass is 10.2. The van der Waals surface area contributed by atoms with Gasteiger partial charge in [0.2, 0.25) is 5.91 Å². The monoisotopic (exact) mass is 369 g/mol. The highest BCUT2D eigenvalue weighted by Gasteiger charge is 2.21. The second kappa shape index (κ2) is 9.60. The van der Waals surface area contributed by atoms with Gasteiger partial charge in [-0.15, -0.1) is 12.4 Å². The maximum atomic E-state index is 12.2. The molecule has 2 aliphatic heterocycles. The topological polar surface area (TPSA) is 79.9 Å². The maximum absolute atomic E-state index is 12.2. The van der Waals surface area contributed by atoms with Gasteiger partial charge < -0.3 is 25.0 Å². The number of halogens is 1. The SMILES string of the molecule is Cl.O=C(Nc1cccc(OCC(=O)N2CCCC2)c1)C1COCCN1. The number of carbonyl (C=O) groups is 2. The number of benzene rings is 1. The van der Waals surface area contributed by atoms with Gasteiger partial charge >= 0.3 is 0 Å². The van der Waals surface area contributed by atoms with E-state index in [1.165, 1.54) is 0 Å². The average molecular weight is 370 g/mol. The number of hydrogen-bond acceptors (Lipinski definition) is 5. The third-order valence-electron chi connectivity index (χ3n) is 4.16. The van der Waals surface area contributed by atoms with Crippen molar-refractivity contribution in [1.82, 2.24) is 10.2 Å². The summed E-state index contributed by atoms with van der Waals surface area (Å²) in [4.78, 5) is 26.0. The first-order valence-electron chi connectivity index (χ1n) is 8.35. The molecule has 2 fully saturated rings. The molecule has 3 rings (SSSR count). The Kier molecular flexibility index (Phi) is 7.49. The van der Waals surface area contributed by atoms with Gasteiger partial charge in [-0.2, -0.15) is 0 Å². The molecule has 0 spiro atoms. The zero-order chi connectivity index (χ0) is 16.8. The molecule has 1 aromatic rings. The summed E-state index contributed by atoms with van der Waals surface area (Å²) in [6.07, 6.45) is 2.12. The molecule has 25 heavy (non-hydrogen) atoms. The number of ether oxygens (including phenoxy) is 2. The molecular formula is C17H24ClN3O4. The van der Waals surface area contributed by atoms with Crippen molar-refractivity contribution in [3.05, 3.63) is 24.3 Å². The molecule has 0 bridgehead atoms. The molecule has 2 heterocycles. The summed E-state index contributed by atoms with van der Waals surface area (Å²) in [5, 5.41) is 5.94. The van der Waals surface area contributed by atoms with E-state index in [9.17, 15) is 9.59 Å². The Balaban J connectivity index is 0.00000225. The van der Waals surface area contributed by atoms with Crippen molar-refractivity contribution in [2.75, 3.05) is 44.8 Å². The van der Waals surface area contributed by atoms with E-state index in [1.807, 2.05) is 4.90 Å². The summed E-state index contributed by atoms with van der Waals surface area (Å²) in [6, 6.07) is 6.72. The molecule has 1 aromatic carbocycles. The molecule has 0 aliphatic carbocycles. The van der Waals surface area contributed by atoms with Crippen molar-refractivity contribution >= 4 is 29.9 Å². The Morgan fingerprint density at radius 1 is 1.32 bits per heavy atom. The van der Waals surface area contributed by atoms with Crippen LogP contribution in [0.2, 0.25) is 0 Å². The summed E-state index contributed by atoms with van der Waals surface area (Å²) in [5.41, 5.74) is 0.637. The lowest BCUT2D eigenvalue weighted by Crippen LogP contribution is -2.48. The Labute approximate surface area is 153 Å². The predicted molar refractivity (Wildman–Crippen MR) is 96.2 cm³/mol. The molecule has 0 saturated carbocycles. The van der Waals surface area contributed by atoms with Gasteiger partial charge in [0.25, 0.3) is 5.91 Å². The highest BCUT2D eigenvalue weighted by Crippen LogP contribution is 2.18. The van der Waals surface area contributed by atoms with Gasteiger partial charge in [-0.25, -0.2) is 0 Å². The first kappa shape index (κ1) is 19.5. The smallest absolute Gasteiger partial charge is 0.260 e. The number of hydrogen-bond donors (Lipinski definition) is 2. The highest BCUT2D eigenvalue weighted by molar-refractivity contribution is 5.95. The Bertz CT molecular complexity index is 587. The fourth-order valence-electron chi connectivity index (χ4n) is 2.83. The van der Waals surface area contributed by atoms with Crippen LogP contribution in [-0.2, 0) is 14.3 Å². The second-order valence-electron chi connectivity index (χ2n) is 5.98. The number of carbonyl (C=O) groups excluding carboxylic acids is 2. The summed E-state index contributed by atoms with van der Waals surface area (Å²) in [6.45, 7) is 3.31. The van der Waals surface area contributed by atoms with E-state index in [4.69, 9.17) is 9.47 Å². The van der Waals surface area contributed by atoms with Crippen molar-refractivity contribution in [2.24, 2.45) is 0 Å². The van der Waals surface area contributed by atoms with E-state index in [1.54, 1.807) is 24.3 Å². The standard InChI is InChI=1S/C17H23N3O4.ClH/c21-16(20-7-1-2-8-20)12-24-14-5-3-4-13(10-14)19-17(22)15-11-23-9-6-18-15;/h3-5,10,15,18H,1-2,6-9,11-12H2,(H,19,22);1H. The van der Waals surface area contributed by atoms with Crippen molar-refractivity contribution in [3.63, 3.8) is 0 Å². The van der Waals surface area contributed by atoms with Crippen LogP contribution < -0.4 is 15.4 Å². The summed E-state index contributed by atoms with van der Waals surface area (Å²) in [7, 11) is 0. The van der Waals surface area contributed by atoms with Gasteiger partial charge in [-0.3, -0.25) is 9.59 Å². The van der Waals surface area contributed by atoms with E-state index < -0.39 is 0 Å². The Hall–Kier alpha value is -1.83. The van der Waals surface area contributed by atoms with Gasteiger partial charge in [0.05, 0.1) is 13.2 Å². The van der Waals surface area contributed by atoms with Gasteiger partial charge in [0.15, 0.2) is 6.61 Å². The number of anilines is 1. The zero-order valence-corrected chi connectivity index (χ0v) is 14.8. The fourth-order valence-corrected chi connectivity index (χ4v) is 2.83. The minimum Gasteiger partial charge on any atom is -0.484 e. The molecule has 2 saturated heterocycles. The molecule has 0 radical (unpaired) electrons. The molecule has 8 heteroatoms. The molecule has 2 aliphatic rings. The zero-order valence-electron chi connectivity index (χ0n) is 14.0. The predicted octanol–water partition coefficient (Wildman–Crippen LogP) is 1.04. The molecule has 2 N–H and O–H groups in total. The maximum Gasteiger partial charge on any atom is 0.260 e. The van der Waals surface area contributed by atoms with Crippen molar-refractivity contribution < 1.29 is 19.1 Å². The number of rotatable bonds is 5. The molecule has 1 unspecified atom stereocenters. The minimum absolute atomic E-state index is 0. The molecule has 2 amide bonds. The number of morpholine rings is 1. The largest absolute Gasteiger partial charge is 0.484 e. The first-order chi connectivity index (χ1) is 11.7. The lowest BCUT2D eigenvalue weighted by molar-refractivity contribution is -0.132. The van der Waals surface area contributed by atoms with Gasteiger partial charge in [-0.1, -0.05) is 6.07 Å². The van der Waals surface area contributed by atoms with Crippen LogP contribution in [-0.4, -0.2) is 62.2 Å². The average Bonchev–Trinajstić information content (AvgIpc) is 3.15. The Morgan fingerprint density at radius 3 is 2.84 bits per heavy atom. The van der Waals surface area contributed by atoms with Crippen LogP contribution in [0.3, 0.4) is 0 Å². The number of nitrogens with one attached hydrogen (secondary N) is 2. The van der Waals surface area contributed by atoms with Crippen LogP contribution in [0.1, 0.15) is 12.8 Å². The number of likely N-dealkylation sites (tertiary alicyclic amines) is 1. The summed E-state index contributed by atoms with van der Waals surface area (Å²) in [5.74, 6) is 0.429.